The van der Waals surface area contributed by atoms with Crippen LogP contribution in [-0.2, 0) is 11.2 Å². The minimum Gasteiger partial charge on any atom is -0.493 e. The van der Waals surface area contributed by atoms with Crippen LogP contribution in [0.25, 0.3) is 0 Å². The Hall–Kier alpha value is -1.26. The lowest BCUT2D eigenvalue weighted by atomic mass is 9.77. The Kier molecular flexibility index (Phi) is 4.89. The minimum atomic E-state index is -0.219. The van der Waals surface area contributed by atoms with Crippen molar-refractivity contribution in [1.29, 1.82) is 0 Å². The summed E-state index contributed by atoms with van der Waals surface area (Å²) in [4.78, 5) is 0. The molecule has 1 atom stereocenters. The maximum absolute atomic E-state index is 6.56. The number of methoxy groups -OCH3 is 2. The van der Waals surface area contributed by atoms with Crippen molar-refractivity contribution >= 4 is 0 Å². The molecule has 4 nitrogen and oxygen atoms in total. The lowest BCUT2D eigenvalue weighted by Crippen LogP contribution is -2.48. The molecule has 0 spiro atoms. The highest BCUT2D eigenvalue weighted by molar-refractivity contribution is 5.43. The average molecular weight is 279 g/mol. The molecule has 1 saturated heterocycles. The third-order valence-electron chi connectivity index (χ3n) is 4.19. The van der Waals surface area contributed by atoms with Crippen LogP contribution < -0.4 is 15.2 Å². The summed E-state index contributed by atoms with van der Waals surface area (Å²) < 4.78 is 16.0. The fourth-order valence-electron chi connectivity index (χ4n) is 2.93. The van der Waals surface area contributed by atoms with Gasteiger partial charge in [-0.15, -0.1) is 0 Å². The van der Waals surface area contributed by atoms with Crippen molar-refractivity contribution in [3.8, 4) is 11.5 Å². The van der Waals surface area contributed by atoms with E-state index in [0.29, 0.717) is 5.92 Å². The molecular formula is C16H25NO3. The van der Waals surface area contributed by atoms with Gasteiger partial charge in [0.15, 0.2) is 11.5 Å². The van der Waals surface area contributed by atoms with E-state index in [9.17, 15) is 0 Å². The maximum Gasteiger partial charge on any atom is 0.160 e. The van der Waals surface area contributed by atoms with Gasteiger partial charge in [0.2, 0.25) is 0 Å². The largest absolute Gasteiger partial charge is 0.493 e. The molecular weight excluding hydrogens is 254 g/mol. The Morgan fingerprint density at radius 3 is 2.45 bits per heavy atom. The molecule has 1 aromatic rings. The van der Waals surface area contributed by atoms with Crippen LogP contribution in [0.4, 0.5) is 0 Å². The Balaban J connectivity index is 2.11. The molecule has 2 rings (SSSR count). The van der Waals surface area contributed by atoms with E-state index in [1.165, 1.54) is 5.56 Å². The summed E-state index contributed by atoms with van der Waals surface area (Å²) in [7, 11) is 3.30. The van der Waals surface area contributed by atoms with Crippen molar-refractivity contribution < 1.29 is 14.2 Å². The van der Waals surface area contributed by atoms with Gasteiger partial charge in [-0.3, -0.25) is 0 Å². The van der Waals surface area contributed by atoms with Crippen LogP contribution >= 0.6 is 0 Å². The van der Waals surface area contributed by atoms with E-state index in [1.807, 2.05) is 12.1 Å². The Morgan fingerprint density at radius 2 is 1.85 bits per heavy atom. The zero-order valence-corrected chi connectivity index (χ0v) is 12.6. The van der Waals surface area contributed by atoms with E-state index in [2.05, 4.69) is 13.0 Å². The van der Waals surface area contributed by atoms with Crippen LogP contribution in [-0.4, -0.2) is 33.0 Å². The molecule has 0 aliphatic carbocycles. The monoisotopic (exact) mass is 279 g/mol. The number of rotatable bonds is 5. The third-order valence-corrected chi connectivity index (χ3v) is 4.19. The minimum absolute atomic E-state index is 0.219. The van der Waals surface area contributed by atoms with Gasteiger partial charge in [0.1, 0.15) is 0 Å². The summed E-state index contributed by atoms with van der Waals surface area (Å²) in [5.74, 6) is 2.01. The van der Waals surface area contributed by atoms with Gasteiger partial charge < -0.3 is 19.9 Å². The average Bonchev–Trinajstić information content (AvgIpc) is 2.47. The summed E-state index contributed by atoms with van der Waals surface area (Å²) in [6, 6.07) is 6.02. The maximum atomic E-state index is 6.56. The van der Waals surface area contributed by atoms with Crippen LogP contribution in [0.2, 0.25) is 0 Å². The molecule has 2 N–H and O–H groups in total. The molecule has 1 aliphatic rings. The molecule has 1 aromatic carbocycles. The molecule has 0 saturated carbocycles. The molecule has 112 valence electrons. The van der Waals surface area contributed by atoms with E-state index in [1.54, 1.807) is 14.2 Å². The molecule has 1 heterocycles. The van der Waals surface area contributed by atoms with Gasteiger partial charge in [-0.25, -0.2) is 0 Å². The van der Waals surface area contributed by atoms with Crippen LogP contribution in [0.1, 0.15) is 25.3 Å². The number of benzene rings is 1. The zero-order chi connectivity index (χ0) is 14.6. The topological polar surface area (TPSA) is 53.7 Å². The standard InChI is InChI=1S/C16H25NO3/c1-16(17,13-6-8-20-9-7-13)11-12-4-5-14(18-2)15(10-12)19-3/h4-5,10,13H,6-9,11,17H2,1-3H3. The molecule has 0 bridgehead atoms. The predicted octanol–water partition coefficient (Wildman–Crippen LogP) is 2.39. The summed E-state index contributed by atoms with van der Waals surface area (Å²) in [5.41, 5.74) is 7.52. The van der Waals surface area contributed by atoms with E-state index >= 15 is 0 Å². The van der Waals surface area contributed by atoms with Crippen molar-refractivity contribution in [3.63, 3.8) is 0 Å². The highest BCUT2D eigenvalue weighted by Gasteiger charge is 2.31. The van der Waals surface area contributed by atoms with Crippen LogP contribution in [0.15, 0.2) is 18.2 Å². The predicted molar refractivity (Wildman–Crippen MR) is 79.4 cm³/mol. The molecule has 4 heteroatoms. The Morgan fingerprint density at radius 1 is 1.20 bits per heavy atom. The van der Waals surface area contributed by atoms with Crippen molar-refractivity contribution in [2.45, 2.75) is 31.7 Å². The van der Waals surface area contributed by atoms with E-state index in [0.717, 1.165) is 44.0 Å². The van der Waals surface area contributed by atoms with Gasteiger partial charge in [0.25, 0.3) is 0 Å². The molecule has 1 fully saturated rings. The third kappa shape index (κ3) is 3.44. The number of hydrogen-bond acceptors (Lipinski definition) is 4. The molecule has 0 radical (unpaired) electrons. The van der Waals surface area contributed by atoms with Crippen molar-refractivity contribution in [2.75, 3.05) is 27.4 Å². The number of hydrogen-bond donors (Lipinski definition) is 1. The van der Waals surface area contributed by atoms with E-state index < -0.39 is 0 Å². The molecule has 1 aliphatic heterocycles. The molecule has 20 heavy (non-hydrogen) atoms. The SMILES string of the molecule is COc1ccc(CC(C)(N)C2CCOCC2)cc1OC. The first kappa shape index (κ1) is 15.1. The van der Waals surface area contributed by atoms with E-state index in [-0.39, 0.29) is 5.54 Å². The second kappa shape index (κ2) is 6.46. The fourth-order valence-corrected chi connectivity index (χ4v) is 2.93. The Labute approximate surface area is 121 Å². The van der Waals surface area contributed by atoms with Gasteiger partial charge in [-0.2, -0.15) is 0 Å². The van der Waals surface area contributed by atoms with Crippen LogP contribution in [0, 0.1) is 5.92 Å². The van der Waals surface area contributed by atoms with Crippen molar-refractivity contribution in [3.05, 3.63) is 23.8 Å². The van der Waals surface area contributed by atoms with Gasteiger partial charge >= 0.3 is 0 Å². The second-order valence-corrected chi connectivity index (χ2v) is 5.76. The summed E-state index contributed by atoms with van der Waals surface area (Å²) >= 11 is 0. The molecule has 0 aromatic heterocycles. The first-order valence-corrected chi connectivity index (χ1v) is 7.14. The van der Waals surface area contributed by atoms with Gasteiger partial charge in [0, 0.05) is 18.8 Å². The van der Waals surface area contributed by atoms with Crippen LogP contribution in [0.5, 0.6) is 11.5 Å². The first-order valence-electron chi connectivity index (χ1n) is 7.14. The first-order chi connectivity index (χ1) is 9.56. The normalized spacial score (nSPS) is 19.4. The quantitative estimate of drug-likeness (QED) is 0.899. The lowest BCUT2D eigenvalue weighted by molar-refractivity contribution is 0.0419. The fraction of sp³-hybridized carbons (Fsp3) is 0.625. The Bertz CT molecular complexity index is 439. The number of nitrogens with two attached hydrogens (primary N) is 1. The highest BCUT2D eigenvalue weighted by atomic mass is 16.5. The second-order valence-electron chi connectivity index (χ2n) is 5.76. The van der Waals surface area contributed by atoms with Gasteiger partial charge in [0.05, 0.1) is 14.2 Å². The van der Waals surface area contributed by atoms with Crippen LogP contribution in [0.3, 0.4) is 0 Å². The lowest BCUT2D eigenvalue weighted by Gasteiger charge is -2.37. The van der Waals surface area contributed by atoms with Gasteiger partial charge in [-0.1, -0.05) is 6.07 Å². The summed E-state index contributed by atoms with van der Waals surface area (Å²) in [6.07, 6.45) is 2.92. The smallest absolute Gasteiger partial charge is 0.160 e. The number of ether oxygens (including phenoxy) is 3. The summed E-state index contributed by atoms with van der Waals surface area (Å²) in [6.45, 7) is 3.78. The van der Waals surface area contributed by atoms with E-state index in [4.69, 9.17) is 19.9 Å². The van der Waals surface area contributed by atoms with Crippen molar-refractivity contribution in [1.82, 2.24) is 0 Å². The van der Waals surface area contributed by atoms with Gasteiger partial charge in [-0.05, 0) is 49.8 Å². The highest BCUT2D eigenvalue weighted by Crippen LogP contribution is 2.32. The molecule has 1 unspecified atom stereocenters. The molecule has 0 amide bonds. The zero-order valence-electron chi connectivity index (χ0n) is 12.6. The van der Waals surface area contributed by atoms with Crippen molar-refractivity contribution in [2.24, 2.45) is 11.7 Å². The summed E-state index contributed by atoms with van der Waals surface area (Å²) in [5, 5.41) is 0.